The largest absolute Gasteiger partial charge is 0.397 e. The van der Waals surface area contributed by atoms with Crippen LogP contribution in [0.15, 0.2) is 0 Å². The molecule has 2 amide bonds. The highest BCUT2D eigenvalue weighted by molar-refractivity contribution is 7.80. The summed E-state index contributed by atoms with van der Waals surface area (Å²) in [6.45, 7) is 4.14. The summed E-state index contributed by atoms with van der Waals surface area (Å²) in [7, 11) is -4.64. The third kappa shape index (κ3) is 37.6. The maximum Gasteiger partial charge on any atom is 0.397 e. The molecule has 0 bridgehead atoms. The molecular formula is C39H78N2O6S. The summed E-state index contributed by atoms with van der Waals surface area (Å²) in [4.78, 5) is 24.9. The van der Waals surface area contributed by atoms with Gasteiger partial charge in [-0.25, -0.2) is 4.18 Å². The van der Waals surface area contributed by atoms with Gasteiger partial charge >= 0.3 is 10.4 Å². The van der Waals surface area contributed by atoms with Gasteiger partial charge in [-0.15, -0.1) is 0 Å². The van der Waals surface area contributed by atoms with Gasteiger partial charge in [0.1, 0.15) is 0 Å². The van der Waals surface area contributed by atoms with Crippen molar-refractivity contribution in [3.63, 3.8) is 0 Å². The zero-order valence-corrected chi connectivity index (χ0v) is 32.3. The molecule has 0 fully saturated rings. The van der Waals surface area contributed by atoms with Gasteiger partial charge in [0.15, 0.2) is 0 Å². The number of amides is 2. The lowest BCUT2D eigenvalue weighted by molar-refractivity contribution is -0.124. The molecule has 1 atom stereocenters. The molecule has 0 radical (unpaired) electrons. The lowest BCUT2D eigenvalue weighted by Gasteiger charge is -2.18. The predicted molar refractivity (Wildman–Crippen MR) is 202 cm³/mol. The Labute approximate surface area is 297 Å². The minimum Gasteiger partial charge on any atom is -0.354 e. The average molecular weight is 703 g/mol. The number of hydrogen-bond donors (Lipinski definition) is 3. The van der Waals surface area contributed by atoms with Gasteiger partial charge in [0.05, 0.1) is 12.6 Å². The van der Waals surface area contributed by atoms with Crippen molar-refractivity contribution in [3.8, 4) is 0 Å². The van der Waals surface area contributed by atoms with Gasteiger partial charge in [-0.3, -0.25) is 14.1 Å². The van der Waals surface area contributed by atoms with Crippen molar-refractivity contribution in [3.05, 3.63) is 0 Å². The van der Waals surface area contributed by atoms with Crippen LogP contribution in [0.25, 0.3) is 0 Å². The van der Waals surface area contributed by atoms with Crippen molar-refractivity contribution < 1.29 is 26.7 Å². The minimum absolute atomic E-state index is 0.0533. The summed E-state index contributed by atoms with van der Waals surface area (Å²) in [5, 5.41) is 5.55. The highest BCUT2D eigenvalue weighted by atomic mass is 32.3. The lowest BCUT2D eigenvalue weighted by atomic mass is 10.0. The zero-order valence-electron chi connectivity index (χ0n) is 31.5. The monoisotopic (exact) mass is 703 g/mol. The lowest BCUT2D eigenvalue weighted by Crippen LogP contribution is -2.46. The maximum absolute atomic E-state index is 12.5. The average Bonchev–Trinajstić information content (AvgIpc) is 3.05. The van der Waals surface area contributed by atoms with E-state index in [4.69, 9.17) is 4.55 Å². The van der Waals surface area contributed by atoms with Crippen LogP contribution in [-0.4, -0.2) is 44.0 Å². The molecule has 0 aliphatic heterocycles. The molecule has 0 saturated carbocycles. The van der Waals surface area contributed by atoms with Crippen LogP contribution in [-0.2, 0) is 24.2 Å². The predicted octanol–water partition coefficient (Wildman–Crippen LogP) is 10.9. The smallest absolute Gasteiger partial charge is 0.354 e. The van der Waals surface area contributed by atoms with E-state index in [1.165, 1.54) is 154 Å². The Hall–Kier alpha value is -1.19. The fraction of sp³-hybridized carbons (Fsp3) is 0.949. The van der Waals surface area contributed by atoms with Crippen LogP contribution in [0, 0.1) is 0 Å². The molecule has 0 aliphatic rings. The Kier molecular flexibility index (Phi) is 34.7. The van der Waals surface area contributed by atoms with Gasteiger partial charge in [-0.2, -0.15) is 8.42 Å². The first-order valence-electron chi connectivity index (χ1n) is 20.5. The zero-order chi connectivity index (χ0) is 35.4. The van der Waals surface area contributed by atoms with E-state index in [9.17, 15) is 18.0 Å². The van der Waals surface area contributed by atoms with E-state index in [2.05, 4.69) is 28.7 Å². The van der Waals surface area contributed by atoms with Crippen molar-refractivity contribution in [2.45, 2.75) is 225 Å². The van der Waals surface area contributed by atoms with E-state index in [0.717, 1.165) is 38.5 Å². The summed E-state index contributed by atoms with van der Waals surface area (Å²) in [5.41, 5.74) is 0. The number of hydrogen-bond acceptors (Lipinski definition) is 5. The third-order valence-electron chi connectivity index (χ3n) is 9.34. The van der Waals surface area contributed by atoms with Crippen LogP contribution >= 0.6 is 0 Å². The molecule has 286 valence electrons. The van der Waals surface area contributed by atoms with Crippen LogP contribution in [0.3, 0.4) is 0 Å². The topological polar surface area (TPSA) is 122 Å². The van der Waals surface area contributed by atoms with Gasteiger partial charge in [0, 0.05) is 19.4 Å². The van der Waals surface area contributed by atoms with Gasteiger partial charge in [-0.1, -0.05) is 194 Å². The SMILES string of the molecule is CCCCCCCCCCCCCCCCCC(=O)NC[C@H](COS(=O)(=O)O)NC(=O)CCCCCCCCCCCCCCCCC. The first kappa shape index (κ1) is 46.8. The Morgan fingerprint density at radius 1 is 0.500 bits per heavy atom. The van der Waals surface area contributed by atoms with Gasteiger partial charge in [0.2, 0.25) is 11.8 Å². The van der Waals surface area contributed by atoms with Crippen molar-refractivity contribution in [1.29, 1.82) is 0 Å². The van der Waals surface area contributed by atoms with Crippen molar-refractivity contribution >= 4 is 22.2 Å². The standard InChI is InChI=1S/C39H78N2O6S/c1-3-5-7-9-11-13-15-17-19-21-23-25-27-29-31-33-38(42)40-35-37(36-47-48(44,45)46)41-39(43)34-32-30-28-26-24-22-20-18-16-14-12-10-8-6-4-2/h37H,3-36H2,1-2H3,(H,40,42)(H,41,43)(H,44,45,46)/t37-/m1/s1. The Morgan fingerprint density at radius 2 is 0.792 bits per heavy atom. The molecule has 0 aromatic rings. The molecule has 0 aromatic carbocycles. The summed E-state index contributed by atoms with van der Waals surface area (Å²) in [6, 6.07) is -0.735. The summed E-state index contributed by atoms with van der Waals surface area (Å²) < 4.78 is 35.7. The van der Waals surface area contributed by atoms with Gasteiger partial charge < -0.3 is 10.6 Å². The van der Waals surface area contributed by atoms with Crippen LogP contribution in [0.5, 0.6) is 0 Å². The van der Waals surface area contributed by atoms with Crippen LogP contribution in [0.4, 0.5) is 0 Å². The Morgan fingerprint density at radius 3 is 1.10 bits per heavy atom. The molecule has 8 nitrogen and oxygen atoms in total. The van der Waals surface area contributed by atoms with Crippen molar-refractivity contribution in [1.82, 2.24) is 10.6 Å². The summed E-state index contributed by atoms with van der Waals surface area (Å²) in [6.07, 6.45) is 38.6. The first-order valence-corrected chi connectivity index (χ1v) is 21.8. The normalized spacial score (nSPS) is 12.3. The molecule has 0 heterocycles. The number of unbranched alkanes of at least 4 members (excludes halogenated alkanes) is 28. The van der Waals surface area contributed by atoms with Crippen LogP contribution < -0.4 is 10.6 Å². The molecular weight excluding hydrogens is 625 g/mol. The Balaban J connectivity index is 3.88. The molecule has 0 aromatic heterocycles. The second-order valence-electron chi connectivity index (χ2n) is 14.2. The fourth-order valence-corrected chi connectivity index (χ4v) is 6.59. The van der Waals surface area contributed by atoms with E-state index in [1.54, 1.807) is 0 Å². The number of carbonyl (C=O) groups excluding carboxylic acids is 2. The highest BCUT2D eigenvalue weighted by Crippen LogP contribution is 2.15. The molecule has 0 unspecified atom stereocenters. The van der Waals surface area contributed by atoms with E-state index in [-0.39, 0.29) is 18.4 Å². The fourth-order valence-electron chi connectivity index (χ4n) is 6.26. The molecule has 48 heavy (non-hydrogen) atoms. The van der Waals surface area contributed by atoms with Gasteiger partial charge in [-0.05, 0) is 12.8 Å². The molecule has 3 N–H and O–H groups in total. The molecule has 0 spiro atoms. The molecule has 9 heteroatoms. The third-order valence-corrected chi connectivity index (χ3v) is 9.78. The maximum atomic E-state index is 12.5. The molecule has 0 rings (SSSR count). The van der Waals surface area contributed by atoms with Gasteiger partial charge in [0.25, 0.3) is 0 Å². The van der Waals surface area contributed by atoms with E-state index in [0.29, 0.717) is 12.8 Å². The van der Waals surface area contributed by atoms with E-state index in [1.807, 2.05) is 0 Å². The highest BCUT2D eigenvalue weighted by Gasteiger charge is 2.17. The Bertz CT molecular complexity index is 823. The second-order valence-corrected chi connectivity index (χ2v) is 15.3. The molecule has 0 saturated heterocycles. The first-order chi connectivity index (χ1) is 23.3. The number of rotatable bonds is 38. The van der Waals surface area contributed by atoms with Crippen molar-refractivity contribution in [2.24, 2.45) is 0 Å². The summed E-state index contributed by atoms with van der Waals surface area (Å²) >= 11 is 0. The van der Waals surface area contributed by atoms with Crippen LogP contribution in [0.2, 0.25) is 0 Å². The van der Waals surface area contributed by atoms with Crippen molar-refractivity contribution in [2.75, 3.05) is 13.2 Å². The van der Waals surface area contributed by atoms with E-state index >= 15 is 0 Å². The number of carbonyl (C=O) groups is 2. The minimum atomic E-state index is -4.64. The van der Waals surface area contributed by atoms with E-state index < -0.39 is 23.0 Å². The number of nitrogens with one attached hydrogen (secondary N) is 2. The van der Waals surface area contributed by atoms with Crippen LogP contribution in [0.1, 0.15) is 219 Å². The quantitative estimate of drug-likeness (QED) is 0.0435. The second kappa shape index (κ2) is 35.6. The molecule has 0 aliphatic carbocycles. The summed E-state index contributed by atoms with van der Waals surface area (Å²) in [5.74, 6) is -0.330.